The number of hydrogen-bond acceptors (Lipinski definition) is 3. The molecule has 1 fully saturated rings. The molecular weight excluding hydrogens is 299 g/mol. The number of rotatable bonds is 9. The number of halogens is 1. The van der Waals surface area contributed by atoms with Crippen LogP contribution in [0.1, 0.15) is 26.2 Å². The molecule has 1 aromatic rings. The average molecular weight is 322 g/mol. The van der Waals surface area contributed by atoms with E-state index >= 15 is 0 Å². The Morgan fingerprint density at radius 1 is 1.22 bits per heavy atom. The molecule has 0 spiro atoms. The van der Waals surface area contributed by atoms with Gasteiger partial charge >= 0.3 is 0 Å². The molecule has 1 saturated carbocycles. The fourth-order valence-electron chi connectivity index (χ4n) is 2.23. The van der Waals surface area contributed by atoms with E-state index < -0.39 is 0 Å². The molecule has 5 nitrogen and oxygen atoms in total. The second-order valence-electron chi connectivity index (χ2n) is 5.87. The second kappa shape index (κ2) is 8.50. The highest BCUT2D eigenvalue weighted by molar-refractivity contribution is 5.82. The molecule has 0 radical (unpaired) electrons. The first-order valence-electron chi connectivity index (χ1n) is 7.99. The van der Waals surface area contributed by atoms with Crippen LogP contribution in [0.3, 0.4) is 0 Å². The van der Waals surface area contributed by atoms with Gasteiger partial charge in [0.05, 0.1) is 6.61 Å². The van der Waals surface area contributed by atoms with Crippen LogP contribution in [-0.2, 0) is 9.59 Å². The average Bonchev–Trinajstić information content (AvgIpc) is 3.26. The molecule has 0 saturated heterocycles. The Hall–Kier alpha value is -2.11. The molecule has 0 unspecified atom stereocenters. The zero-order valence-corrected chi connectivity index (χ0v) is 13.3. The summed E-state index contributed by atoms with van der Waals surface area (Å²) >= 11 is 0. The minimum atomic E-state index is -0.298. The predicted molar refractivity (Wildman–Crippen MR) is 84.4 cm³/mol. The molecule has 2 N–H and O–H groups in total. The van der Waals surface area contributed by atoms with Crippen LogP contribution in [0.15, 0.2) is 24.3 Å². The first-order valence-corrected chi connectivity index (χ1v) is 7.99. The molecule has 0 bridgehead atoms. The van der Waals surface area contributed by atoms with Crippen LogP contribution >= 0.6 is 0 Å². The number of hydrogen-bond donors (Lipinski definition) is 2. The monoisotopic (exact) mass is 322 g/mol. The van der Waals surface area contributed by atoms with Gasteiger partial charge in [0.2, 0.25) is 11.8 Å². The van der Waals surface area contributed by atoms with Gasteiger partial charge in [-0.25, -0.2) is 4.39 Å². The lowest BCUT2D eigenvalue weighted by molar-refractivity contribution is -0.123. The van der Waals surface area contributed by atoms with Gasteiger partial charge in [-0.15, -0.1) is 0 Å². The van der Waals surface area contributed by atoms with Gasteiger partial charge in [-0.05, 0) is 43.0 Å². The van der Waals surface area contributed by atoms with E-state index in [0.29, 0.717) is 37.8 Å². The molecule has 1 aromatic carbocycles. The van der Waals surface area contributed by atoms with Gasteiger partial charge in [0.25, 0.3) is 0 Å². The van der Waals surface area contributed by atoms with Crippen LogP contribution in [-0.4, -0.2) is 31.5 Å². The van der Waals surface area contributed by atoms with Gasteiger partial charge in [-0.1, -0.05) is 6.92 Å². The van der Waals surface area contributed by atoms with Crippen molar-refractivity contribution in [3.8, 4) is 5.75 Å². The van der Waals surface area contributed by atoms with E-state index in [1.807, 2.05) is 6.92 Å². The summed E-state index contributed by atoms with van der Waals surface area (Å²) in [5.41, 5.74) is 0. The smallest absolute Gasteiger partial charge is 0.223 e. The summed E-state index contributed by atoms with van der Waals surface area (Å²) in [5.74, 6) is 0.892. The Kier molecular flexibility index (Phi) is 6.38. The molecule has 2 rings (SSSR count). The Bertz CT molecular complexity index is 533. The summed E-state index contributed by atoms with van der Waals surface area (Å²) < 4.78 is 18.1. The van der Waals surface area contributed by atoms with Gasteiger partial charge in [-0.2, -0.15) is 0 Å². The summed E-state index contributed by atoms with van der Waals surface area (Å²) in [6.07, 6.45) is 1.90. The summed E-state index contributed by atoms with van der Waals surface area (Å²) in [5, 5.41) is 5.55. The standard InChI is InChI=1S/C17H23FN2O3/c1-12-11-15(12)17(22)20-9-7-16(21)19-8-2-10-23-14-5-3-13(18)4-6-14/h3-6,12,15H,2,7-11H2,1H3,(H,19,21)(H,20,22)/t12-,15-/m1/s1. The van der Waals surface area contributed by atoms with Gasteiger partial charge < -0.3 is 15.4 Å². The van der Waals surface area contributed by atoms with Crippen molar-refractivity contribution in [1.29, 1.82) is 0 Å². The van der Waals surface area contributed by atoms with E-state index in [-0.39, 0.29) is 30.0 Å². The highest BCUT2D eigenvalue weighted by Crippen LogP contribution is 2.37. The zero-order chi connectivity index (χ0) is 16.7. The summed E-state index contributed by atoms with van der Waals surface area (Å²) in [6, 6.07) is 5.82. The van der Waals surface area contributed by atoms with Crippen molar-refractivity contribution in [2.75, 3.05) is 19.7 Å². The van der Waals surface area contributed by atoms with Crippen molar-refractivity contribution in [2.24, 2.45) is 11.8 Å². The number of carbonyl (C=O) groups is 2. The van der Waals surface area contributed by atoms with Crippen molar-refractivity contribution in [1.82, 2.24) is 10.6 Å². The number of ether oxygens (including phenoxy) is 1. The first-order chi connectivity index (χ1) is 11.1. The third-order valence-electron chi connectivity index (χ3n) is 3.82. The zero-order valence-electron chi connectivity index (χ0n) is 13.3. The summed E-state index contributed by atoms with van der Waals surface area (Å²) in [7, 11) is 0. The van der Waals surface area contributed by atoms with E-state index in [1.165, 1.54) is 12.1 Å². The topological polar surface area (TPSA) is 67.4 Å². The molecule has 6 heteroatoms. The third kappa shape index (κ3) is 6.26. The van der Waals surface area contributed by atoms with Gasteiger partial charge in [0, 0.05) is 25.4 Å². The Labute approximate surface area is 135 Å². The first kappa shape index (κ1) is 17.2. The van der Waals surface area contributed by atoms with Crippen LogP contribution in [0.5, 0.6) is 5.75 Å². The van der Waals surface area contributed by atoms with Crippen molar-refractivity contribution in [3.63, 3.8) is 0 Å². The molecule has 2 amide bonds. The normalized spacial score (nSPS) is 19.0. The maximum atomic E-state index is 12.7. The Morgan fingerprint density at radius 2 is 1.91 bits per heavy atom. The van der Waals surface area contributed by atoms with Gasteiger partial charge in [0.1, 0.15) is 11.6 Å². The quantitative estimate of drug-likeness (QED) is 0.682. The molecule has 0 heterocycles. The fraction of sp³-hybridized carbons (Fsp3) is 0.529. The Balaban J connectivity index is 1.46. The van der Waals surface area contributed by atoms with E-state index in [4.69, 9.17) is 4.74 Å². The lowest BCUT2D eigenvalue weighted by Gasteiger charge is -2.08. The van der Waals surface area contributed by atoms with Crippen LogP contribution in [0.2, 0.25) is 0 Å². The molecule has 0 aromatic heterocycles. The molecule has 126 valence electrons. The highest BCUT2D eigenvalue weighted by atomic mass is 19.1. The molecule has 1 aliphatic rings. The van der Waals surface area contributed by atoms with Crippen molar-refractivity contribution in [2.45, 2.75) is 26.2 Å². The van der Waals surface area contributed by atoms with Gasteiger partial charge in [-0.3, -0.25) is 9.59 Å². The molecule has 2 atom stereocenters. The number of amides is 2. The predicted octanol–water partition coefficient (Wildman–Crippen LogP) is 1.87. The molecule has 23 heavy (non-hydrogen) atoms. The van der Waals surface area contributed by atoms with Crippen LogP contribution in [0.25, 0.3) is 0 Å². The van der Waals surface area contributed by atoms with E-state index in [2.05, 4.69) is 10.6 Å². The summed E-state index contributed by atoms with van der Waals surface area (Å²) in [4.78, 5) is 23.2. The number of carbonyl (C=O) groups excluding carboxylic acids is 2. The SMILES string of the molecule is C[C@@H]1C[C@H]1C(=O)NCCC(=O)NCCCOc1ccc(F)cc1. The van der Waals surface area contributed by atoms with Crippen LogP contribution in [0, 0.1) is 17.7 Å². The highest BCUT2D eigenvalue weighted by Gasteiger charge is 2.38. The molecular formula is C17H23FN2O3. The number of nitrogens with one attached hydrogen (secondary N) is 2. The largest absolute Gasteiger partial charge is 0.494 e. The van der Waals surface area contributed by atoms with Crippen molar-refractivity contribution >= 4 is 11.8 Å². The van der Waals surface area contributed by atoms with Crippen molar-refractivity contribution in [3.05, 3.63) is 30.1 Å². The van der Waals surface area contributed by atoms with Crippen LogP contribution < -0.4 is 15.4 Å². The van der Waals surface area contributed by atoms with E-state index in [9.17, 15) is 14.0 Å². The minimum absolute atomic E-state index is 0.0537. The minimum Gasteiger partial charge on any atom is -0.494 e. The number of benzene rings is 1. The lowest BCUT2D eigenvalue weighted by Crippen LogP contribution is -2.32. The molecule has 1 aliphatic carbocycles. The summed E-state index contributed by atoms with van der Waals surface area (Å²) in [6.45, 7) is 3.38. The fourth-order valence-corrected chi connectivity index (χ4v) is 2.23. The maximum absolute atomic E-state index is 12.7. The third-order valence-corrected chi connectivity index (χ3v) is 3.82. The Morgan fingerprint density at radius 3 is 2.57 bits per heavy atom. The van der Waals surface area contributed by atoms with E-state index in [0.717, 1.165) is 6.42 Å². The maximum Gasteiger partial charge on any atom is 0.223 e. The van der Waals surface area contributed by atoms with Crippen LogP contribution in [0.4, 0.5) is 4.39 Å². The van der Waals surface area contributed by atoms with Crippen molar-refractivity contribution < 1.29 is 18.7 Å². The van der Waals surface area contributed by atoms with E-state index in [1.54, 1.807) is 12.1 Å². The molecule has 0 aliphatic heterocycles. The van der Waals surface area contributed by atoms with Gasteiger partial charge in [0.15, 0.2) is 0 Å². The second-order valence-corrected chi connectivity index (χ2v) is 5.87. The lowest BCUT2D eigenvalue weighted by atomic mass is 10.3.